The van der Waals surface area contributed by atoms with E-state index in [-0.39, 0.29) is 11.6 Å². The fraction of sp³-hybridized carbons (Fsp3) is 0.333. The van der Waals surface area contributed by atoms with E-state index in [1.54, 1.807) is 18.2 Å². The molecular weight excluding hydrogens is 251 g/mol. The Morgan fingerprint density at radius 3 is 2.50 bits per heavy atom. The Balaban J connectivity index is 2.39. The lowest BCUT2D eigenvalue weighted by atomic mass is 9.92. The summed E-state index contributed by atoms with van der Waals surface area (Å²) in [6.45, 7) is 4.20. The molecule has 2 heteroatoms. The second kappa shape index (κ2) is 6.56. The molecule has 0 radical (unpaired) electrons. The number of phenols is 1. The van der Waals surface area contributed by atoms with Crippen molar-refractivity contribution in [3.8, 4) is 5.75 Å². The summed E-state index contributed by atoms with van der Waals surface area (Å²) in [4.78, 5) is 0. The zero-order chi connectivity index (χ0) is 14.5. The van der Waals surface area contributed by atoms with E-state index in [4.69, 9.17) is 0 Å². The second-order valence-corrected chi connectivity index (χ2v) is 5.23. The van der Waals surface area contributed by atoms with Crippen LogP contribution in [0.25, 0.3) is 0 Å². The maximum absolute atomic E-state index is 13.8. The molecule has 2 aromatic rings. The predicted molar refractivity (Wildman–Crippen MR) is 80.7 cm³/mol. The standard InChI is InChI=1S/C18H21FO/c1-3-4-8-15-13(2)10-11-18(20)16(15)12-14-7-5-6-9-17(14)19/h5-7,9-11,20H,3-4,8,12H2,1-2H3. The summed E-state index contributed by atoms with van der Waals surface area (Å²) in [5.74, 6) is 0.0554. The summed E-state index contributed by atoms with van der Waals surface area (Å²) in [5, 5.41) is 10.1. The molecule has 0 saturated heterocycles. The van der Waals surface area contributed by atoms with Crippen LogP contribution in [-0.4, -0.2) is 5.11 Å². The summed E-state index contributed by atoms with van der Waals surface area (Å²) in [6.07, 6.45) is 3.56. The van der Waals surface area contributed by atoms with Crippen LogP contribution in [-0.2, 0) is 12.8 Å². The van der Waals surface area contributed by atoms with Gasteiger partial charge in [0.2, 0.25) is 0 Å². The van der Waals surface area contributed by atoms with Crippen LogP contribution in [0.4, 0.5) is 4.39 Å². The molecule has 1 N–H and O–H groups in total. The molecule has 0 bridgehead atoms. The van der Waals surface area contributed by atoms with E-state index in [9.17, 15) is 9.50 Å². The minimum absolute atomic E-state index is 0.213. The third kappa shape index (κ3) is 3.19. The molecule has 2 aromatic carbocycles. The number of benzene rings is 2. The van der Waals surface area contributed by atoms with E-state index in [1.807, 2.05) is 12.1 Å². The molecule has 0 aliphatic carbocycles. The first-order valence-electron chi connectivity index (χ1n) is 7.17. The number of unbranched alkanes of at least 4 members (excludes halogenated alkanes) is 1. The van der Waals surface area contributed by atoms with Gasteiger partial charge in [-0.1, -0.05) is 37.6 Å². The number of phenolic OH excluding ortho intramolecular Hbond substituents is 1. The number of halogens is 1. The van der Waals surface area contributed by atoms with Crippen LogP contribution >= 0.6 is 0 Å². The van der Waals surface area contributed by atoms with E-state index < -0.39 is 0 Å². The molecule has 2 rings (SSSR count). The van der Waals surface area contributed by atoms with Gasteiger partial charge in [-0.2, -0.15) is 0 Å². The van der Waals surface area contributed by atoms with Gasteiger partial charge in [0.25, 0.3) is 0 Å². The highest BCUT2D eigenvalue weighted by Gasteiger charge is 2.13. The third-order valence-electron chi connectivity index (χ3n) is 3.75. The van der Waals surface area contributed by atoms with Crippen LogP contribution in [0.2, 0.25) is 0 Å². The smallest absolute Gasteiger partial charge is 0.126 e. The van der Waals surface area contributed by atoms with Crippen molar-refractivity contribution in [2.75, 3.05) is 0 Å². The molecule has 0 aromatic heterocycles. The highest BCUT2D eigenvalue weighted by molar-refractivity contribution is 5.46. The summed E-state index contributed by atoms with van der Waals surface area (Å²) < 4.78 is 13.8. The Morgan fingerprint density at radius 2 is 1.80 bits per heavy atom. The normalized spacial score (nSPS) is 10.8. The van der Waals surface area contributed by atoms with E-state index >= 15 is 0 Å². The molecule has 0 heterocycles. The van der Waals surface area contributed by atoms with Crippen molar-refractivity contribution in [2.24, 2.45) is 0 Å². The maximum Gasteiger partial charge on any atom is 0.126 e. The summed E-state index contributed by atoms with van der Waals surface area (Å²) in [6, 6.07) is 10.4. The Bertz CT molecular complexity index is 590. The molecule has 106 valence electrons. The number of aromatic hydroxyl groups is 1. The van der Waals surface area contributed by atoms with Crippen LogP contribution in [0.1, 0.15) is 42.0 Å². The van der Waals surface area contributed by atoms with E-state index in [0.29, 0.717) is 12.0 Å². The molecule has 0 amide bonds. The number of hydrogen-bond acceptors (Lipinski definition) is 1. The molecule has 1 nitrogen and oxygen atoms in total. The molecule has 0 saturated carbocycles. The van der Waals surface area contributed by atoms with Crippen molar-refractivity contribution in [3.63, 3.8) is 0 Å². The number of aryl methyl sites for hydroxylation is 1. The Hall–Kier alpha value is -1.83. The quantitative estimate of drug-likeness (QED) is 0.831. The van der Waals surface area contributed by atoms with Gasteiger partial charge in [-0.3, -0.25) is 0 Å². The van der Waals surface area contributed by atoms with Crippen molar-refractivity contribution in [3.05, 3.63) is 64.5 Å². The van der Waals surface area contributed by atoms with E-state index in [0.717, 1.165) is 30.4 Å². The molecule has 0 atom stereocenters. The summed E-state index contributed by atoms with van der Waals surface area (Å²) in [7, 11) is 0. The van der Waals surface area contributed by atoms with Gasteiger partial charge in [0.15, 0.2) is 0 Å². The van der Waals surface area contributed by atoms with E-state index in [1.165, 1.54) is 11.6 Å². The van der Waals surface area contributed by atoms with Crippen LogP contribution in [0.15, 0.2) is 36.4 Å². The third-order valence-corrected chi connectivity index (χ3v) is 3.75. The summed E-state index contributed by atoms with van der Waals surface area (Å²) in [5.41, 5.74) is 3.83. The average Bonchev–Trinajstić information content (AvgIpc) is 2.44. The number of hydrogen-bond donors (Lipinski definition) is 1. The molecule has 20 heavy (non-hydrogen) atoms. The molecule has 0 aliphatic heterocycles. The molecule has 0 spiro atoms. The van der Waals surface area contributed by atoms with Crippen molar-refractivity contribution in [1.82, 2.24) is 0 Å². The first-order valence-corrected chi connectivity index (χ1v) is 7.17. The van der Waals surface area contributed by atoms with Gasteiger partial charge in [-0.05, 0) is 48.6 Å². The van der Waals surface area contributed by atoms with Crippen LogP contribution in [0.3, 0.4) is 0 Å². The first kappa shape index (κ1) is 14.6. The lowest BCUT2D eigenvalue weighted by molar-refractivity contribution is 0.467. The van der Waals surface area contributed by atoms with Gasteiger partial charge in [0, 0.05) is 12.0 Å². The zero-order valence-corrected chi connectivity index (χ0v) is 12.1. The molecular formula is C18H21FO. The Kier molecular flexibility index (Phi) is 4.78. The lowest BCUT2D eigenvalue weighted by Gasteiger charge is -2.15. The largest absolute Gasteiger partial charge is 0.508 e. The predicted octanol–water partition coefficient (Wildman–Crippen LogP) is 4.77. The van der Waals surface area contributed by atoms with Gasteiger partial charge in [-0.25, -0.2) is 4.39 Å². The fourth-order valence-electron chi connectivity index (χ4n) is 2.53. The van der Waals surface area contributed by atoms with Crippen LogP contribution in [0, 0.1) is 12.7 Å². The highest BCUT2D eigenvalue weighted by atomic mass is 19.1. The molecule has 0 fully saturated rings. The SMILES string of the molecule is CCCCc1c(C)ccc(O)c1Cc1ccccc1F. The second-order valence-electron chi connectivity index (χ2n) is 5.23. The average molecular weight is 272 g/mol. The van der Waals surface area contributed by atoms with Gasteiger partial charge in [-0.15, -0.1) is 0 Å². The lowest BCUT2D eigenvalue weighted by Crippen LogP contribution is -2.01. The maximum atomic E-state index is 13.8. The minimum atomic E-state index is -0.213. The highest BCUT2D eigenvalue weighted by Crippen LogP contribution is 2.29. The fourth-order valence-corrected chi connectivity index (χ4v) is 2.53. The van der Waals surface area contributed by atoms with Crippen molar-refractivity contribution in [1.29, 1.82) is 0 Å². The molecule has 0 aliphatic rings. The van der Waals surface area contributed by atoms with Crippen LogP contribution < -0.4 is 0 Å². The minimum Gasteiger partial charge on any atom is -0.508 e. The van der Waals surface area contributed by atoms with Gasteiger partial charge in [0.1, 0.15) is 11.6 Å². The van der Waals surface area contributed by atoms with Crippen molar-refractivity contribution in [2.45, 2.75) is 39.5 Å². The van der Waals surface area contributed by atoms with Crippen molar-refractivity contribution < 1.29 is 9.50 Å². The topological polar surface area (TPSA) is 20.2 Å². The number of rotatable bonds is 5. The van der Waals surface area contributed by atoms with Gasteiger partial charge in [0.05, 0.1) is 0 Å². The zero-order valence-electron chi connectivity index (χ0n) is 12.1. The molecule has 0 unspecified atom stereocenters. The van der Waals surface area contributed by atoms with Crippen molar-refractivity contribution >= 4 is 0 Å². The van der Waals surface area contributed by atoms with E-state index in [2.05, 4.69) is 13.8 Å². The van der Waals surface area contributed by atoms with Gasteiger partial charge >= 0.3 is 0 Å². The van der Waals surface area contributed by atoms with Crippen LogP contribution in [0.5, 0.6) is 5.75 Å². The Labute approximate surface area is 120 Å². The summed E-state index contributed by atoms with van der Waals surface area (Å²) >= 11 is 0. The first-order chi connectivity index (χ1) is 9.63. The monoisotopic (exact) mass is 272 g/mol. The van der Waals surface area contributed by atoms with Gasteiger partial charge < -0.3 is 5.11 Å². The Morgan fingerprint density at radius 1 is 1.05 bits per heavy atom.